The zero-order valence-electron chi connectivity index (χ0n) is 13.7. The second-order valence-electron chi connectivity index (χ2n) is 7.09. The lowest BCUT2D eigenvalue weighted by Gasteiger charge is -2.31. The first-order valence-corrected chi connectivity index (χ1v) is 8.77. The van der Waals surface area contributed by atoms with E-state index in [-0.39, 0.29) is 24.2 Å². The zero-order chi connectivity index (χ0) is 15.8. The number of carbonyl (C=O) groups excluding carboxylic acids is 1. The quantitative estimate of drug-likeness (QED) is 0.858. The van der Waals surface area contributed by atoms with Gasteiger partial charge < -0.3 is 14.4 Å². The van der Waals surface area contributed by atoms with Crippen molar-refractivity contribution in [1.82, 2.24) is 4.90 Å². The maximum absolute atomic E-state index is 12.9. The summed E-state index contributed by atoms with van der Waals surface area (Å²) in [6.07, 6.45) is 4.93. The van der Waals surface area contributed by atoms with Crippen LogP contribution in [-0.2, 0) is 27.1 Å². The molecule has 4 rings (SSSR count). The normalized spacial score (nSPS) is 30.3. The number of hydrogen-bond donors (Lipinski definition) is 0. The van der Waals surface area contributed by atoms with E-state index >= 15 is 0 Å². The molecule has 3 atom stereocenters. The highest BCUT2D eigenvalue weighted by Crippen LogP contribution is 2.34. The number of benzene rings is 1. The van der Waals surface area contributed by atoms with E-state index in [0.29, 0.717) is 25.5 Å². The van der Waals surface area contributed by atoms with Crippen molar-refractivity contribution in [2.75, 3.05) is 20.3 Å². The number of amides is 1. The number of carbonyl (C=O) groups is 1. The zero-order valence-corrected chi connectivity index (χ0v) is 13.7. The molecule has 3 unspecified atom stereocenters. The van der Waals surface area contributed by atoms with E-state index in [9.17, 15) is 4.79 Å². The highest BCUT2D eigenvalue weighted by atomic mass is 16.5. The molecule has 0 N–H and O–H groups in total. The average molecular weight is 315 g/mol. The fraction of sp³-hybridized carbons (Fsp3) is 0.632. The smallest absolute Gasteiger partial charge is 0.223 e. The predicted molar refractivity (Wildman–Crippen MR) is 87.2 cm³/mol. The van der Waals surface area contributed by atoms with Gasteiger partial charge in [0.15, 0.2) is 0 Å². The van der Waals surface area contributed by atoms with Gasteiger partial charge in [0.05, 0.1) is 18.8 Å². The summed E-state index contributed by atoms with van der Waals surface area (Å²) in [6.45, 7) is 1.34. The van der Waals surface area contributed by atoms with E-state index < -0.39 is 0 Å². The van der Waals surface area contributed by atoms with Gasteiger partial charge in [0, 0.05) is 20.1 Å². The third kappa shape index (κ3) is 2.79. The molecular formula is C19H25NO3. The lowest BCUT2D eigenvalue weighted by atomic mass is 10.0. The van der Waals surface area contributed by atoms with E-state index in [0.717, 1.165) is 25.7 Å². The van der Waals surface area contributed by atoms with Crippen LogP contribution in [0.2, 0.25) is 0 Å². The van der Waals surface area contributed by atoms with Gasteiger partial charge in [-0.3, -0.25) is 4.79 Å². The third-order valence-corrected chi connectivity index (χ3v) is 5.75. The molecule has 1 amide bonds. The summed E-state index contributed by atoms with van der Waals surface area (Å²) in [5.41, 5.74) is 2.83. The molecule has 1 aromatic carbocycles. The molecule has 0 spiro atoms. The highest BCUT2D eigenvalue weighted by molar-refractivity contribution is 5.77. The van der Waals surface area contributed by atoms with Crippen LogP contribution in [0.3, 0.4) is 0 Å². The highest BCUT2D eigenvalue weighted by Gasteiger charge is 2.44. The Morgan fingerprint density at radius 1 is 1.26 bits per heavy atom. The number of methoxy groups -OCH3 is 1. The molecule has 0 radical (unpaired) electrons. The van der Waals surface area contributed by atoms with E-state index in [2.05, 4.69) is 24.3 Å². The Labute approximate surface area is 137 Å². The molecule has 1 heterocycles. The summed E-state index contributed by atoms with van der Waals surface area (Å²) >= 11 is 0. The van der Waals surface area contributed by atoms with Gasteiger partial charge in [-0.25, -0.2) is 0 Å². The minimum atomic E-state index is 0.0437. The maximum atomic E-state index is 12.9. The van der Waals surface area contributed by atoms with Crippen LogP contribution < -0.4 is 0 Å². The Morgan fingerprint density at radius 2 is 2.00 bits per heavy atom. The molecule has 2 bridgehead atoms. The Kier molecular flexibility index (Phi) is 4.12. The second-order valence-corrected chi connectivity index (χ2v) is 7.09. The van der Waals surface area contributed by atoms with Crippen molar-refractivity contribution in [2.24, 2.45) is 5.92 Å². The Morgan fingerprint density at radius 3 is 2.70 bits per heavy atom. The fourth-order valence-electron chi connectivity index (χ4n) is 4.67. The summed E-state index contributed by atoms with van der Waals surface area (Å²) in [5, 5.41) is 0. The van der Waals surface area contributed by atoms with Crippen LogP contribution >= 0.6 is 0 Å². The van der Waals surface area contributed by atoms with Crippen LogP contribution in [0.5, 0.6) is 0 Å². The second kappa shape index (κ2) is 6.25. The van der Waals surface area contributed by atoms with Crippen LogP contribution in [0.25, 0.3) is 0 Å². The predicted octanol–water partition coefficient (Wildman–Crippen LogP) is 2.20. The first kappa shape index (κ1) is 15.2. The number of ether oxygens (including phenoxy) is 2. The van der Waals surface area contributed by atoms with Gasteiger partial charge in [-0.2, -0.15) is 0 Å². The van der Waals surface area contributed by atoms with Gasteiger partial charge in [0.2, 0.25) is 5.91 Å². The van der Waals surface area contributed by atoms with Crippen molar-refractivity contribution in [3.63, 3.8) is 0 Å². The van der Waals surface area contributed by atoms with Gasteiger partial charge in [-0.15, -0.1) is 0 Å². The third-order valence-electron chi connectivity index (χ3n) is 5.75. The molecule has 4 nitrogen and oxygen atoms in total. The van der Waals surface area contributed by atoms with Crippen molar-refractivity contribution in [3.8, 4) is 0 Å². The molecular weight excluding hydrogens is 290 g/mol. The Balaban J connectivity index is 1.43. The van der Waals surface area contributed by atoms with Crippen LogP contribution in [0.1, 0.15) is 30.4 Å². The summed E-state index contributed by atoms with van der Waals surface area (Å²) < 4.78 is 11.5. The van der Waals surface area contributed by atoms with E-state index in [4.69, 9.17) is 9.47 Å². The summed E-state index contributed by atoms with van der Waals surface area (Å²) in [5.74, 6) is 0.725. The van der Waals surface area contributed by atoms with Gasteiger partial charge in [-0.1, -0.05) is 24.3 Å². The Bertz CT molecular complexity index is 563. The fourth-order valence-corrected chi connectivity index (χ4v) is 4.67. The minimum absolute atomic E-state index is 0.0437. The maximum Gasteiger partial charge on any atom is 0.223 e. The average Bonchev–Trinajstić information content (AvgIpc) is 3.06. The molecule has 2 aliphatic carbocycles. The van der Waals surface area contributed by atoms with Gasteiger partial charge >= 0.3 is 0 Å². The SMILES string of the molecule is COC1C2CCC1N(C(=O)CC1Cc3ccccc3C1)CCO2. The van der Waals surface area contributed by atoms with Gasteiger partial charge in [-0.05, 0) is 42.7 Å². The van der Waals surface area contributed by atoms with Gasteiger partial charge in [0.25, 0.3) is 0 Å². The van der Waals surface area contributed by atoms with Crippen molar-refractivity contribution >= 4 is 5.91 Å². The van der Waals surface area contributed by atoms with E-state index in [1.807, 2.05) is 4.90 Å². The summed E-state index contributed by atoms with van der Waals surface area (Å²) in [7, 11) is 1.74. The molecule has 2 fully saturated rings. The first-order chi connectivity index (χ1) is 11.3. The molecule has 0 aromatic heterocycles. The molecule has 3 aliphatic rings. The molecule has 1 saturated heterocycles. The van der Waals surface area contributed by atoms with Crippen LogP contribution in [0.15, 0.2) is 24.3 Å². The standard InChI is InChI=1S/C19H25NO3/c1-22-19-16-6-7-17(19)23-9-8-20(16)18(21)12-13-10-14-4-2-3-5-15(14)11-13/h2-5,13,16-17,19H,6-12H2,1H3. The molecule has 124 valence electrons. The first-order valence-electron chi connectivity index (χ1n) is 8.77. The van der Waals surface area contributed by atoms with Gasteiger partial charge in [0.1, 0.15) is 6.10 Å². The monoisotopic (exact) mass is 315 g/mol. The Hall–Kier alpha value is -1.39. The topological polar surface area (TPSA) is 38.8 Å². The minimum Gasteiger partial charge on any atom is -0.377 e. The number of hydrogen-bond acceptors (Lipinski definition) is 3. The van der Waals surface area contributed by atoms with Crippen molar-refractivity contribution in [3.05, 3.63) is 35.4 Å². The van der Waals surface area contributed by atoms with Crippen molar-refractivity contribution < 1.29 is 14.3 Å². The molecule has 1 saturated carbocycles. The van der Waals surface area contributed by atoms with E-state index in [1.165, 1.54) is 11.1 Å². The lowest BCUT2D eigenvalue weighted by molar-refractivity contribution is -0.136. The van der Waals surface area contributed by atoms with E-state index in [1.54, 1.807) is 7.11 Å². The molecule has 23 heavy (non-hydrogen) atoms. The number of fused-ring (bicyclic) bond motifs is 3. The lowest BCUT2D eigenvalue weighted by Crippen LogP contribution is -2.46. The summed E-state index contributed by atoms with van der Waals surface area (Å²) in [6, 6.07) is 8.78. The van der Waals surface area contributed by atoms with Crippen molar-refractivity contribution in [1.29, 1.82) is 0 Å². The van der Waals surface area contributed by atoms with Crippen LogP contribution in [0, 0.1) is 5.92 Å². The van der Waals surface area contributed by atoms with Crippen LogP contribution in [-0.4, -0.2) is 49.3 Å². The van der Waals surface area contributed by atoms with Crippen LogP contribution in [0.4, 0.5) is 0 Å². The molecule has 4 heteroatoms. The number of rotatable bonds is 3. The van der Waals surface area contributed by atoms with Crippen molar-refractivity contribution in [2.45, 2.75) is 50.4 Å². The molecule has 1 aromatic rings. The molecule has 1 aliphatic heterocycles. The number of nitrogens with zero attached hydrogens (tertiary/aromatic N) is 1. The summed E-state index contributed by atoms with van der Waals surface area (Å²) in [4.78, 5) is 15.0. The largest absolute Gasteiger partial charge is 0.377 e.